The molecular weight excluding hydrogens is 300 g/mol. The van der Waals surface area contributed by atoms with Crippen LogP contribution in [0.5, 0.6) is 0 Å². The fourth-order valence-electron chi connectivity index (χ4n) is 4.50. The van der Waals surface area contributed by atoms with Crippen molar-refractivity contribution >= 4 is 5.91 Å². The average molecular weight is 328 g/mol. The third kappa shape index (κ3) is 3.35. The van der Waals surface area contributed by atoms with Gasteiger partial charge >= 0.3 is 0 Å². The Bertz CT molecular complexity index is 575. The van der Waals surface area contributed by atoms with Gasteiger partial charge in [0.1, 0.15) is 0 Å². The van der Waals surface area contributed by atoms with Crippen molar-refractivity contribution in [3.63, 3.8) is 0 Å². The molecule has 130 valence electrons. The molecule has 0 saturated carbocycles. The molecule has 1 aliphatic carbocycles. The van der Waals surface area contributed by atoms with Crippen molar-refractivity contribution in [2.75, 3.05) is 39.4 Å². The van der Waals surface area contributed by atoms with Crippen molar-refractivity contribution in [2.24, 2.45) is 5.92 Å². The fourth-order valence-corrected chi connectivity index (χ4v) is 4.50. The van der Waals surface area contributed by atoms with Gasteiger partial charge < -0.3 is 9.64 Å². The maximum absolute atomic E-state index is 12.7. The number of piperazine rings is 1. The Labute approximate surface area is 144 Å². The zero-order chi connectivity index (χ0) is 16.4. The predicted octanol–water partition coefficient (Wildman–Crippen LogP) is 2.11. The van der Waals surface area contributed by atoms with Gasteiger partial charge in [-0.05, 0) is 43.2 Å². The first-order valence-electron chi connectivity index (χ1n) is 9.48. The summed E-state index contributed by atoms with van der Waals surface area (Å²) in [6.45, 7) is 5.35. The lowest BCUT2D eigenvalue weighted by atomic mass is 9.87. The fraction of sp³-hybridized carbons (Fsp3) is 0.650. The number of amides is 1. The lowest BCUT2D eigenvalue weighted by Crippen LogP contribution is -2.54. The summed E-state index contributed by atoms with van der Waals surface area (Å²) in [5.74, 6) is 0.568. The number of hydrogen-bond donors (Lipinski definition) is 0. The van der Waals surface area contributed by atoms with E-state index in [1.807, 2.05) is 0 Å². The Balaban J connectivity index is 1.31. The summed E-state index contributed by atoms with van der Waals surface area (Å²) >= 11 is 0. The molecule has 4 nitrogen and oxygen atoms in total. The van der Waals surface area contributed by atoms with Crippen LogP contribution in [0.3, 0.4) is 0 Å². The summed E-state index contributed by atoms with van der Waals surface area (Å²) in [6.07, 6.45) is 5.42. The van der Waals surface area contributed by atoms with E-state index in [0.717, 1.165) is 52.2 Å². The molecule has 0 spiro atoms. The van der Waals surface area contributed by atoms with E-state index < -0.39 is 0 Å². The minimum atomic E-state index is 0.201. The normalized spacial score (nSPS) is 26.2. The van der Waals surface area contributed by atoms with Gasteiger partial charge in [-0.1, -0.05) is 24.3 Å². The summed E-state index contributed by atoms with van der Waals surface area (Å²) in [4.78, 5) is 17.4. The van der Waals surface area contributed by atoms with Gasteiger partial charge in [-0.25, -0.2) is 0 Å². The molecule has 24 heavy (non-hydrogen) atoms. The zero-order valence-corrected chi connectivity index (χ0v) is 14.5. The van der Waals surface area contributed by atoms with Gasteiger partial charge in [-0.2, -0.15) is 0 Å². The lowest BCUT2D eigenvalue weighted by molar-refractivity contribution is -0.140. The standard InChI is InChI=1S/C20H28N2O2/c23-20(17-7-13-24-14-8-17)22-11-9-21(10-12-22)19-6-5-16-3-1-2-4-18(16)15-19/h1-4,17,19H,5-15H2/t19-/m1/s1. The van der Waals surface area contributed by atoms with Crippen LogP contribution in [0, 0.1) is 5.92 Å². The smallest absolute Gasteiger partial charge is 0.225 e. The van der Waals surface area contributed by atoms with Crippen LogP contribution in [0.4, 0.5) is 0 Å². The molecule has 4 rings (SSSR count). The second-order valence-electron chi connectivity index (χ2n) is 7.41. The van der Waals surface area contributed by atoms with Crippen LogP contribution in [0.15, 0.2) is 24.3 Å². The molecule has 1 aromatic rings. The Kier molecular flexibility index (Phi) is 4.86. The molecule has 0 unspecified atom stereocenters. The summed E-state index contributed by atoms with van der Waals surface area (Å²) in [5, 5.41) is 0. The van der Waals surface area contributed by atoms with E-state index in [4.69, 9.17) is 4.74 Å². The Hall–Kier alpha value is -1.39. The van der Waals surface area contributed by atoms with Crippen LogP contribution in [0.25, 0.3) is 0 Å². The highest BCUT2D eigenvalue weighted by molar-refractivity contribution is 5.79. The maximum Gasteiger partial charge on any atom is 0.225 e. The van der Waals surface area contributed by atoms with Crippen molar-refractivity contribution in [1.82, 2.24) is 9.80 Å². The minimum absolute atomic E-state index is 0.201. The summed E-state index contributed by atoms with van der Waals surface area (Å²) in [7, 11) is 0. The van der Waals surface area contributed by atoms with Gasteiger partial charge in [0.15, 0.2) is 0 Å². The van der Waals surface area contributed by atoms with E-state index in [0.29, 0.717) is 11.9 Å². The molecule has 1 amide bonds. The SMILES string of the molecule is O=C(C1CCOCC1)N1CCN([C@@H]2CCc3ccccc3C2)CC1. The van der Waals surface area contributed by atoms with Crippen LogP contribution in [0.1, 0.15) is 30.4 Å². The first-order chi connectivity index (χ1) is 11.8. The van der Waals surface area contributed by atoms with E-state index in [1.165, 1.54) is 30.4 Å². The van der Waals surface area contributed by atoms with E-state index in [1.54, 1.807) is 0 Å². The second kappa shape index (κ2) is 7.24. The molecule has 2 fully saturated rings. The third-order valence-corrected chi connectivity index (χ3v) is 6.03. The predicted molar refractivity (Wildman–Crippen MR) is 94.0 cm³/mol. The molecule has 1 aromatic carbocycles. The number of aryl methyl sites for hydroxylation is 1. The highest BCUT2D eigenvalue weighted by Crippen LogP contribution is 2.26. The average Bonchev–Trinajstić information content (AvgIpc) is 2.68. The van der Waals surface area contributed by atoms with E-state index in [2.05, 4.69) is 34.1 Å². The van der Waals surface area contributed by atoms with Crippen LogP contribution in [-0.4, -0.2) is 61.1 Å². The lowest BCUT2D eigenvalue weighted by Gasteiger charge is -2.42. The summed E-state index contributed by atoms with van der Waals surface area (Å²) in [6, 6.07) is 9.52. The molecule has 2 saturated heterocycles. The number of benzene rings is 1. The molecule has 0 aromatic heterocycles. The van der Waals surface area contributed by atoms with Crippen molar-refractivity contribution in [1.29, 1.82) is 0 Å². The highest BCUT2D eigenvalue weighted by Gasteiger charge is 2.31. The number of nitrogens with zero attached hydrogens (tertiary/aromatic N) is 2. The largest absolute Gasteiger partial charge is 0.381 e. The Morgan fingerprint density at radius 1 is 0.958 bits per heavy atom. The topological polar surface area (TPSA) is 32.8 Å². The van der Waals surface area contributed by atoms with Crippen LogP contribution >= 0.6 is 0 Å². The molecule has 3 aliphatic rings. The first-order valence-corrected chi connectivity index (χ1v) is 9.48. The number of rotatable bonds is 2. The van der Waals surface area contributed by atoms with Crippen molar-refractivity contribution in [3.05, 3.63) is 35.4 Å². The van der Waals surface area contributed by atoms with E-state index >= 15 is 0 Å². The van der Waals surface area contributed by atoms with Crippen LogP contribution in [0.2, 0.25) is 0 Å². The number of hydrogen-bond acceptors (Lipinski definition) is 3. The Morgan fingerprint density at radius 3 is 2.42 bits per heavy atom. The maximum atomic E-state index is 12.7. The summed E-state index contributed by atoms with van der Waals surface area (Å²) in [5.41, 5.74) is 3.05. The molecule has 0 bridgehead atoms. The molecule has 2 aliphatic heterocycles. The quantitative estimate of drug-likeness (QED) is 0.834. The molecule has 0 N–H and O–H groups in total. The Morgan fingerprint density at radius 2 is 1.67 bits per heavy atom. The van der Waals surface area contributed by atoms with Gasteiger partial charge in [-0.3, -0.25) is 9.69 Å². The zero-order valence-electron chi connectivity index (χ0n) is 14.5. The van der Waals surface area contributed by atoms with Crippen LogP contribution in [-0.2, 0) is 22.4 Å². The van der Waals surface area contributed by atoms with Gasteiger partial charge in [0.05, 0.1) is 0 Å². The molecule has 1 atom stereocenters. The molecule has 4 heteroatoms. The molecular formula is C20H28N2O2. The first kappa shape index (κ1) is 16.1. The van der Waals surface area contributed by atoms with Gasteiger partial charge in [0.25, 0.3) is 0 Å². The van der Waals surface area contributed by atoms with Gasteiger partial charge in [0.2, 0.25) is 5.91 Å². The number of carbonyl (C=O) groups is 1. The monoisotopic (exact) mass is 328 g/mol. The molecule has 0 radical (unpaired) electrons. The van der Waals surface area contributed by atoms with Gasteiger partial charge in [0, 0.05) is 51.4 Å². The van der Waals surface area contributed by atoms with Gasteiger partial charge in [-0.15, -0.1) is 0 Å². The molecule has 2 heterocycles. The number of ether oxygens (including phenoxy) is 1. The number of fused-ring (bicyclic) bond motifs is 1. The van der Waals surface area contributed by atoms with E-state index in [9.17, 15) is 4.79 Å². The third-order valence-electron chi connectivity index (χ3n) is 6.03. The minimum Gasteiger partial charge on any atom is -0.381 e. The van der Waals surface area contributed by atoms with E-state index in [-0.39, 0.29) is 5.92 Å². The summed E-state index contributed by atoms with van der Waals surface area (Å²) < 4.78 is 5.38. The highest BCUT2D eigenvalue weighted by atomic mass is 16.5. The van der Waals surface area contributed by atoms with Crippen LogP contribution < -0.4 is 0 Å². The van der Waals surface area contributed by atoms with Crippen molar-refractivity contribution in [2.45, 2.75) is 38.1 Å². The second-order valence-corrected chi connectivity index (χ2v) is 7.41. The van der Waals surface area contributed by atoms with Crippen molar-refractivity contribution in [3.8, 4) is 0 Å². The van der Waals surface area contributed by atoms with Crippen molar-refractivity contribution < 1.29 is 9.53 Å². The number of carbonyl (C=O) groups excluding carboxylic acids is 1.